The second-order valence-electron chi connectivity index (χ2n) is 7.95. The van der Waals surface area contributed by atoms with E-state index in [-0.39, 0.29) is 41.8 Å². The van der Waals surface area contributed by atoms with E-state index in [1.807, 2.05) is 0 Å². The van der Waals surface area contributed by atoms with Gasteiger partial charge < -0.3 is 25.0 Å². The number of likely N-dealkylation sites (tertiary alicyclic amines) is 1. The molecule has 27 heavy (non-hydrogen) atoms. The summed E-state index contributed by atoms with van der Waals surface area (Å²) < 4.78 is 11.0. The second kappa shape index (κ2) is 10.6. The summed E-state index contributed by atoms with van der Waals surface area (Å²) in [6, 6.07) is -0.359. The topological polar surface area (TPSA) is 79.9 Å². The van der Waals surface area contributed by atoms with Crippen molar-refractivity contribution in [3.63, 3.8) is 0 Å². The lowest BCUT2D eigenvalue weighted by atomic mass is 9.79. The predicted octanol–water partition coefficient (Wildman–Crippen LogP) is 1.10. The summed E-state index contributed by atoms with van der Waals surface area (Å²) in [5.74, 6) is -0.0270. The first-order valence-electron chi connectivity index (χ1n) is 10.0. The maximum Gasteiger partial charge on any atom is 0.252 e. The number of rotatable bonds is 6. The van der Waals surface area contributed by atoms with Crippen LogP contribution in [0, 0.1) is 5.41 Å². The molecule has 0 radical (unpaired) electrons. The van der Waals surface area contributed by atoms with Crippen molar-refractivity contribution in [1.82, 2.24) is 15.5 Å². The van der Waals surface area contributed by atoms with Gasteiger partial charge in [-0.1, -0.05) is 0 Å². The summed E-state index contributed by atoms with van der Waals surface area (Å²) in [7, 11) is 1.72. The van der Waals surface area contributed by atoms with Gasteiger partial charge in [0.05, 0.1) is 6.61 Å². The van der Waals surface area contributed by atoms with Gasteiger partial charge >= 0.3 is 0 Å². The number of methoxy groups -OCH3 is 1. The molecule has 0 spiro atoms. The second-order valence-corrected chi connectivity index (χ2v) is 7.95. The fourth-order valence-corrected chi connectivity index (χ4v) is 4.45. The average Bonchev–Trinajstić information content (AvgIpc) is 3.21. The van der Waals surface area contributed by atoms with Crippen LogP contribution in [-0.4, -0.2) is 75.4 Å². The molecule has 0 aromatic heterocycles. The molecule has 3 rings (SSSR count). The Balaban J connectivity index is 0.00000261. The minimum Gasteiger partial charge on any atom is -0.384 e. The molecule has 3 heterocycles. The van der Waals surface area contributed by atoms with Crippen LogP contribution in [0.1, 0.15) is 44.9 Å². The van der Waals surface area contributed by atoms with Gasteiger partial charge in [-0.25, -0.2) is 0 Å². The third-order valence-corrected chi connectivity index (χ3v) is 6.05. The number of piperidine rings is 2. The smallest absolute Gasteiger partial charge is 0.252 e. The normalized spacial score (nSPS) is 27.7. The van der Waals surface area contributed by atoms with Gasteiger partial charge in [0.15, 0.2) is 0 Å². The number of hydrogen-bond donors (Lipinski definition) is 2. The highest BCUT2D eigenvalue weighted by Gasteiger charge is 2.38. The number of halogens is 1. The maximum absolute atomic E-state index is 12.9. The minimum absolute atomic E-state index is 0. The highest BCUT2D eigenvalue weighted by atomic mass is 35.5. The summed E-state index contributed by atoms with van der Waals surface area (Å²) >= 11 is 0. The molecular formula is C19H34ClN3O4. The van der Waals surface area contributed by atoms with Gasteiger partial charge in [0.2, 0.25) is 5.91 Å². The van der Waals surface area contributed by atoms with Crippen LogP contribution in [0.3, 0.4) is 0 Å². The maximum atomic E-state index is 12.9. The van der Waals surface area contributed by atoms with E-state index in [0.29, 0.717) is 26.3 Å². The molecule has 2 unspecified atom stereocenters. The molecule has 3 aliphatic rings. The van der Waals surface area contributed by atoms with Crippen LogP contribution in [0.15, 0.2) is 0 Å². The minimum atomic E-state index is -0.359. The number of carbonyl (C=O) groups is 2. The number of nitrogens with zero attached hydrogens (tertiary/aromatic N) is 1. The lowest BCUT2D eigenvalue weighted by Crippen LogP contribution is -2.56. The van der Waals surface area contributed by atoms with Crippen molar-refractivity contribution >= 4 is 24.2 Å². The summed E-state index contributed by atoms with van der Waals surface area (Å²) in [5.41, 5.74) is -0.00622. The molecule has 7 nitrogen and oxygen atoms in total. The zero-order chi connectivity index (χ0) is 18.4. The number of ether oxygens (including phenoxy) is 2. The van der Waals surface area contributed by atoms with Gasteiger partial charge in [-0.2, -0.15) is 0 Å². The van der Waals surface area contributed by atoms with Gasteiger partial charge in [0.25, 0.3) is 5.91 Å². The van der Waals surface area contributed by atoms with Crippen LogP contribution in [0.4, 0.5) is 0 Å². The molecule has 2 amide bonds. The van der Waals surface area contributed by atoms with Crippen LogP contribution in [0.5, 0.6) is 0 Å². The van der Waals surface area contributed by atoms with Crippen molar-refractivity contribution in [3.8, 4) is 0 Å². The van der Waals surface area contributed by atoms with Gasteiger partial charge in [-0.15, -0.1) is 12.4 Å². The predicted molar refractivity (Wildman–Crippen MR) is 105 cm³/mol. The molecule has 156 valence electrons. The van der Waals surface area contributed by atoms with Crippen molar-refractivity contribution in [2.45, 2.75) is 57.1 Å². The molecule has 0 bridgehead atoms. The SMILES string of the molecule is COCC1(CNC(=O)C2CCCCN2C(=O)C2CCCO2)CCNCC1.Cl. The van der Waals surface area contributed by atoms with E-state index in [4.69, 9.17) is 9.47 Å². The van der Waals surface area contributed by atoms with E-state index in [0.717, 1.165) is 58.0 Å². The van der Waals surface area contributed by atoms with Crippen molar-refractivity contribution in [2.24, 2.45) is 5.41 Å². The Bertz CT molecular complexity index is 488. The first kappa shape index (κ1) is 22.4. The lowest BCUT2D eigenvalue weighted by Gasteiger charge is -2.39. The molecule has 8 heteroatoms. The molecule has 2 atom stereocenters. The molecular weight excluding hydrogens is 370 g/mol. The third-order valence-electron chi connectivity index (χ3n) is 6.05. The van der Waals surface area contributed by atoms with Crippen molar-refractivity contribution in [3.05, 3.63) is 0 Å². The van der Waals surface area contributed by atoms with Crippen LogP contribution in [0.2, 0.25) is 0 Å². The van der Waals surface area contributed by atoms with Crippen molar-refractivity contribution in [1.29, 1.82) is 0 Å². The van der Waals surface area contributed by atoms with E-state index in [2.05, 4.69) is 10.6 Å². The molecule has 0 aromatic carbocycles. The highest BCUT2D eigenvalue weighted by molar-refractivity contribution is 5.89. The first-order chi connectivity index (χ1) is 12.7. The number of hydrogen-bond acceptors (Lipinski definition) is 5. The number of amides is 2. The summed E-state index contributed by atoms with van der Waals surface area (Å²) in [5, 5.41) is 6.51. The van der Waals surface area contributed by atoms with Gasteiger partial charge in [0.1, 0.15) is 12.1 Å². The number of carbonyl (C=O) groups excluding carboxylic acids is 2. The third kappa shape index (κ3) is 5.56. The highest BCUT2D eigenvalue weighted by Crippen LogP contribution is 2.29. The Labute approximate surface area is 168 Å². The van der Waals surface area contributed by atoms with Gasteiger partial charge in [0, 0.05) is 32.2 Å². The van der Waals surface area contributed by atoms with Crippen molar-refractivity contribution in [2.75, 3.05) is 46.5 Å². The number of nitrogens with one attached hydrogen (secondary N) is 2. The summed E-state index contributed by atoms with van der Waals surface area (Å²) in [6.45, 7) is 4.47. The Morgan fingerprint density at radius 1 is 1.22 bits per heavy atom. The summed E-state index contributed by atoms with van der Waals surface area (Å²) in [6.07, 6.45) is 6.01. The van der Waals surface area contributed by atoms with Crippen LogP contribution in [0.25, 0.3) is 0 Å². The Kier molecular flexibility index (Phi) is 8.79. The fraction of sp³-hybridized carbons (Fsp3) is 0.895. The molecule has 3 fully saturated rings. The summed E-state index contributed by atoms with van der Waals surface area (Å²) in [4.78, 5) is 27.5. The van der Waals surface area contributed by atoms with E-state index >= 15 is 0 Å². The molecule has 0 aliphatic carbocycles. The molecule has 3 saturated heterocycles. The van der Waals surface area contributed by atoms with E-state index in [9.17, 15) is 9.59 Å². The molecule has 2 N–H and O–H groups in total. The quantitative estimate of drug-likeness (QED) is 0.694. The molecule has 0 saturated carbocycles. The Morgan fingerprint density at radius 3 is 2.67 bits per heavy atom. The van der Waals surface area contributed by atoms with Crippen molar-refractivity contribution < 1.29 is 19.1 Å². The lowest BCUT2D eigenvalue weighted by molar-refractivity contribution is -0.149. The largest absolute Gasteiger partial charge is 0.384 e. The zero-order valence-corrected chi connectivity index (χ0v) is 17.2. The monoisotopic (exact) mass is 403 g/mol. The zero-order valence-electron chi connectivity index (χ0n) is 16.3. The van der Waals surface area contributed by atoms with Crippen LogP contribution in [-0.2, 0) is 19.1 Å². The van der Waals surface area contributed by atoms with E-state index < -0.39 is 0 Å². The average molecular weight is 404 g/mol. The first-order valence-corrected chi connectivity index (χ1v) is 10.0. The van der Waals surface area contributed by atoms with Gasteiger partial charge in [-0.05, 0) is 58.0 Å². The fourth-order valence-electron chi connectivity index (χ4n) is 4.45. The van der Waals surface area contributed by atoms with E-state index in [1.54, 1.807) is 12.0 Å². The molecule has 0 aromatic rings. The van der Waals surface area contributed by atoms with Crippen LogP contribution < -0.4 is 10.6 Å². The molecule has 3 aliphatic heterocycles. The van der Waals surface area contributed by atoms with Crippen LogP contribution >= 0.6 is 12.4 Å². The van der Waals surface area contributed by atoms with E-state index in [1.165, 1.54) is 0 Å². The standard InChI is InChI=1S/C19H33N3O4.ClH/c1-25-14-19(7-9-20-10-8-19)13-21-17(23)15-5-2-3-11-22(15)18(24)16-6-4-12-26-16;/h15-16,20H,2-14H2,1H3,(H,21,23);1H. The van der Waals surface area contributed by atoms with Gasteiger partial charge in [-0.3, -0.25) is 9.59 Å². The Hall–Kier alpha value is -0.890. The Morgan fingerprint density at radius 2 is 2.00 bits per heavy atom.